The van der Waals surface area contributed by atoms with Crippen LogP contribution in [-0.4, -0.2) is 12.7 Å². The van der Waals surface area contributed by atoms with Crippen LogP contribution in [0, 0.1) is 0 Å². The van der Waals surface area contributed by atoms with Gasteiger partial charge in [0.15, 0.2) is 0 Å². The average Bonchev–Trinajstić information content (AvgIpc) is 2.45. The van der Waals surface area contributed by atoms with E-state index in [1.54, 1.807) is 6.07 Å². The molecular weight excluding hydrogens is 267 g/mol. The zero-order valence-corrected chi connectivity index (χ0v) is 11.3. The molecule has 0 radical (unpaired) electrons. The van der Waals surface area contributed by atoms with E-state index in [1.165, 1.54) is 6.07 Å². The summed E-state index contributed by atoms with van der Waals surface area (Å²) in [7, 11) is 0. The van der Waals surface area contributed by atoms with Crippen molar-refractivity contribution in [2.75, 3.05) is 6.61 Å². The standard InChI is InChI=1S/C15H20F3NO/c16-15(17,18)12-5-3-4-11(10-12)14(19)8-7-13-6-1-2-9-20-13/h3-5,10,13-14H,1-2,6-9,19H2. The number of halogens is 3. The lowest BCUT2D eigenvalue weighted by Crippen LogP contribution is -2.21. The third-order valence-corrected chi connectivity index (χ3v) is 3.72. The summed E-state index contributed by atoms with van der Waals surface area (Å²) in [5.41, 5.74) is 5.90. The highest BCUT2D eigenvalue weighted by Crippen LogP contribution is 2.31. The van der Waals surface area contributed by atoms with Crippen molar-refractivity contribution in [3.05, 3.63) is 35.4 Å². The number of hydrogen-bond acceptors (Lipinski definition) is 2. The molecule has 0 saturated carbocycles. The summed E-state index contributed by atoms with van der Waals surface area (Å²) < 4.78 is 43.5. The number of benzene rings is 1. The minimum Gasteiger partial charge on any atom is -0.378 e. The van der Waals surface area contributed by atoms with Gasteiger partial charge in [0.25, 0.3) is 0 Å². The number of ether oxygens (including phenoxy) is 1. The fourth-order valence-corrected chi connectivity index (χ4v) is 2.51. The van der Waals surface area contributed by atoms with Gasteiger partial charge < -0.3 is 10.5 Å². The minimum absolute atomic E-state index is 0.209. The normalized spacial score (nSPS) is 21.7. The second-order valence-corrected chi connectivity index (χ2v) is 5.30. The fraction of sp³-hybridized carbons (Fsp3) is 0.600. The molecule has 0 aliphatic carbocycles. The Labute approximate surface area is 117 Å². The van der Waals surface area contributed by atoms with E-state index in [2.05, 4.69) is 0 Å². The molecule has 112 valence electrons. The molecule has 20 heavy (non-hydrogen) atoms. The summed E-state index contributed by atoms with van der Waals surface area (Å²) in [6.07, 6.45) is 0.612. The Kier molecular flexibility index (Phi) is 5.05. The first-order valence-electron chi connectivity index (χ1n) is 7.01. The molecule has 1 fully saturated rings. The van der Waals surface area contributed by atoms with Crippen LogP contribution in [0.1, 0.15) is 49.3 Å². The smallest absolute Gasteiger partial charge is 0.378 e. The number of alkyl halides is 3. The summed E-state index contributed by atoms with van der Waals surface area (Å²) in [4.78, 5) is 0. The van der Waals surface area contributed by atoms with Crippen LogP contribution in [0.3, 0.4) is 0 Å². The molecule has 1 heterocycles. The molecule has 5 heteroatoms. The first-order valence-corrected chi connectivity index (χ1v) is 7.01. The summed E-state index contributed by atoms with van der Waals surface area (Å²) in [6, 6.07) is 4.91. The highest BCUT2D eigenvalue weighted by molar-refractivity contribution is 5.27. The Balaban J connectivity index is 1.93. The molecule has 0 aromatic heterocycles. The van der Waals surface area contributed by atoms with Crippen molar-refractivity contribution in [1.29, 1.82) is 0 Å². The second kappa shape index (κ2) is 6.59. The number of nitrogens with two attached hydrogens (primary N) is 1. The van der Waals surface area contributed by atoms with Crippen molar-refractivity contribution in [1.82, 2.24) is 0 Å². The lowest BCUT2D eigenvalue weighted by Gasteiger charge is -2.24. The van der Waals surface area contributed by atoms with E-state index in [0.29, 0.717) is 12.0 Å². The molecule has 2 atom stereocenters. The molecule has 0 bridgehead atoms. The van der Waals surface area contributed by atoms with Gasteiger partial charge in [0, 0.05) is 12.6 Å². The average molecular weight is 287 g/mol. The molecule has 0 spiro atoms. The predicted molar refractivity (Wildman–Crippen MR) is 71.2 cm³/mol. The van der Waals surface area contributed by atoms with E-state index in [-0.39, 0.29) is 12.1 Å². The van der Waals surface area contributed by atoms with Crippen LogP contribution in [0.25, 0.3) is 0 Å². The van der Waals surface area contributed by atoms with Crippen molar-refractivity contribution in [2.45, 2.75) is 50.4 Å². The Morgan fingerprint density at radius 1 is 1.30 bits per heavy atom. The Hall–Kier alpha value is -1.07. The zero-order chi connectivity index (χ0) is 14.6. The lowest BCUT2D eigenvalue weighted by atomic mass is 9.97. The topological polar surface area (TPSA) is 35.2 Å². The summed E-state index contributed by atoms with van der Waals surface area (Å²) >= 11 is 0. The van der Waals surface area contributed by atoms with Crippen LogP contribution in [0.4, 0.5) is 13.2 Å². The maximum atomic E-state index is 12.6. The van der Waals surface area contributed by atoms with Crippen LogP contribution in [0.15, 0.2) is 24.3 Å². The van der Waals surface area contributed by atoms with Crippen molar-refractivity contribution in [3.63, 3.8) is 0 Å². The monoisotopic (exact) mass is 287 g/mol. The molecule has 2 rings (SSSR count). The van der Waals surface area contributed by atoms with Crippen LogP contribution in [0.2, 0.25) is 0 Å². The van der Waals surface area contributed by atoms with Crippen LogP contribution >= 0.6 is 0 Å². The van der Waals surface area contributed by atoms with Gasteiger partial charge in [-0.25, -0.2) is 0 Å². The first-order chi connectivity index (χ1) is 9.47. The Morgan fingerprint density at radius 2 is 2.10 bits per heavy atom. The van der Waals surface area contributed by atoms with Gasteiger partial charge in [0.2, 0.25) is 0 Å². The van der Waals surface area contributed by atoms with Gasteiger partial charge in [-0.2, -0.15) is 13.2 Å². The van der Waals surface area contributed by atoms with Gasteiger partial charge >= 0.3 is 6.18 Å². The Bertz CT molecular complexity index is 427. The summed E-state index contributed by atoms with van der Waals surface area (Å²) in [5.74, 6) is 0. The van der Waals surface area contributed by atoms with E-state index < -0.39 is 11.7 Å². The van der Waals surface area contributed by atoms with E-state index >= 15 is 0 Å². The predicted octanol–water partition coefficient (Wildman–Crippen LogP) is 4.05. The van der Waals surface area contributed by atoms with Gasteiger partial charge in [0.1, 0.15) is 0 Å². The lowest BCUT2D eigenvalue weighted by molar-refractivity contribution is -0.137. The minimum atomic E-state index is -4.32. The number of hydrogen-bond donors (Lipinski definition) is 1. The third-order valence-electron chi connectivity index (χ3n) is 3.72. The molecule has 1 aliphatic heterocycles. The summed E-state index contributed by atoms with van der Waals surface area (Å²) in [6.45, 7) is 0.781. The molecule has 1 aromatic rings. The maximum absolute atomic E-state index is 12.6. The molecule has 1 aliphatic rings. The molecule has 2 unspecified atom stereocenters. The van der Waals surface area contributed by atoms with Gasteiger partial charge in [-0.1, -0.05) is 12.1 Å². The highest BCUT2D eigenvalue weighted by atomic mass is 19.4. The highest BCUT2D eigenvalue weighted by Gasteiger charge is 2.30. The van der Waals surface area contributed by atoms with Crippen molar-refractivity contribution in [2.24, 2.45) is 5.73 Å². The zero-order valence-electron chi connectivity index (χ0n) is 11.3. The molecule has 1 saturated heterocycles. The second-order valence-electron chi connectivity index (χ2n) is 5.30. The SMILES string of the molecule is NC(CCC1CCCCO1)c1cccc(C(F)(F)F)c1. The van der Waals surface area contributed by atoms with Crippen LogP contribution in [-0.2, 0) is 10.9 Å². The van der Waals surface area contributed by atoms with E-state index in [1.807, 2.05) is 0 Å². The Morgan fingerprint density at radius 3 is 2.75 bits per heavy atom. The first kappa shape index (κ1) is 15.3. The third kappa shape index (κ3) is 4.21. The molecule has 2 N–H and O–H groups in total. The van der Waals surface area contributed by atoms with Crippen LogP contribution < -0.4 is 5.73 Å². The molecule has 2 nitrogen and oxygen atoms in total. The van der Waals surface area contributed by atoms with Gasteiger partial charge in [0.05, 0.1) is 11.7 Å². The maximum Gasteiger partial charge on any atom is 0.416 e. The molecule has 0 amide bonds. The van der Waals surface area contributed by atoms with E-state index in [0.717, 1.165) is 44.4 Å². The number of rotatable bonds is 4. The van der Waals surface area contributed by atoms with Gasteiger partial charge in [-0.15, -0.1) is 0 Å². The summed E-state index contributed by atoms with van der Waals surface area (Å²) in [5, 5.41) is 0. The van der Waals surface area contributed by atoms with Crippen molar-refractivity contribution < 1.29 is 17.9 Å². The molecule has 1 aromatic carbocycles. The van der Waals surface area contributed by atoms with Crippen LogP contribution in [0.5, 0.6) is 0 Å². The van der Waals surface area contributed by atoms with Crippen molar-refractivity contribution in [3.8, 4) is 0 Å². The fourth-order valence-electron chi connectivity index (χ4n) is 2.51. The van der Waals surface area contributed by atoms with Gasteiger partial charge in [-0.3, -0.25) is 0 Å². The quantitative estimate of drug-likeness (QED) is 0.906. The molecular formula is C15H20F3NO. The largest absolute Gasteiger partial charge is 0.416 e. The van der Waals surface area contributed by atoms with E-state index in [9.17, 15) is 13.2 Å². The van der Waals surface area contributed by atoms with E-state index in [4.69, 9.17) is 10.5 Å². The van der Waals surface area contributed by atoms with Gasteiger partial charge in [-0.05, 0) is 49.8 Å². The van der Waals surface area contributed by atoms with Crippen molar-refractivity contribution >= 4 is 0 Å².